The molecule has 0 saturated carbocycles. The average Bonchev–Trinajstić information content (AvgIpc) is 3.36. The lowest BCUT2D eigenvalue weighted by molar-refractivity contribution is 0.151. The monoisotopic (exact) mass is 404 g/mol. The van der Waals surface area contributed by atoms with Crippen molar-refractivity contribution in [2.24, 2.45) is 0 Å². The van der Waals surface area contributed by atoms with Crippen LogP contribution in [0, 0.1) is 17.1 Å². The zero-order valence-corrected chi connectivity index (χ0v) is 15.9. The van der Waals surface area contributed by atoms with Gasteiger partial charge in [0.05, 0.1) is 30.1 Å². The summed E-state index contributed by atoms with van der Waals surface area (Å²) >= 11 is 0. The SMILES string of the molecule is N#CC[C@]1(n2nc(Nc3ccc4nccc(F)c4c3)c3c(=O)[nH]ccc32)CCOC1. The van der Waals surface area contributed by atoms with Crippen LogP contribution >= 0.6 is 0 Å². The quantitative estimate of drug-likeness (QED) is 0.541. The summed E-state index contributed by atoms with van der Waals surface area (Å²) in [5.74, 6) is -0.0484. The number of nitrogens with one attached hydrogen (secondary N) is 2. The van der Waals surface area contributed by atoms with Crippen molar-refractivity contribution >= 4 is 33.3 Å². The molecule has 0 bridgehead atoms. The van der Waals surface area contributed by atoms with Crippen LogP contribution in [0.1, 0.15) is 12.8 Å². The first-order chi connectivity index (χ1) is 14.6. The fourth-order valence-electron chi connectivity index (χ4n) is 3.98. The summed E-state index contributed by atoms with van der Waals surface area (Å²) < 4.78 is 21.5. The van der Waals surface area contributed by atoms with Crippen LogP contribution in [0.5, 0.6) is 0 Å². The van der Waals surface area contributed by atoms with Gasteiger partial charge in [0, 0.05) is 30.1 Å². The minimum absolute atomic E-state index is 0.211. The summed E-state index contributed by atoms with van der Waals surface area (Å²) in [5, 5.41) is 17.9. The van der Waals surface area contributed by atoms with E-state index in [0.29, 0.717) is 52.9 Å². The Hall–Kier alpha value is -3.77. The third-order valence-electron chi connectivity index (χ3n) is 5.49. The largest absolute Gasteiger partial charge is 0.379 e. The Labute approximate surface area is 169 Å². The van der Waals surface area contributed by atoms with E-state index in [4.69, 9.17) is 4.74 Å². The highest BCUT2D eigenvalue weighted by molar-refractivity contribution is 5.92. The molecule has 1 atom stereocenters. The molecule has 9 heteroatoms. The van der Waals surface area contributed by atoms with Crippen LogP contribution in [0.15, 0.2) is 47.5 Å². The number of hydrogen-bond donors (Lipinski definition) is 2. The predicted molar refractivity (Wildman–Crippen MR) is 109 cm³/mol. The van der Waals surface area contributed by atoms with Crippen molar-refractivity contribution in [1.29, 1.82) is 5.26 Å². The smallest absolute Gasteiger partial charge is 0.261 e. The number of fused-ring (bicyclic) bond motifs is 2. The van der Waals surface area contributed by atoms with Gasteiger partial charge in [0.2, 0.25) is 0 Å². The Bertz CT molecular complexity index is 1360. The molecule has 1 saturated heterocycles. The summed E-state index contributed by atoms with van der Waals surface area (Å²) in [6.45, 7) is 0.863. The van der Waals surface area contributed by atoms with Crippen molar-refractivity contribution in [3.63, 3.8) is 0 Å². The number of aromatic nitrogens is 4. The maximum Gasteiger partial charge on any atom is 0.261 e. The Morgan fingerprint density at radius 1 is 1.37 bits per heavy atom. The molecule has 1 aromatic carbocycles. The van der Waals surface area contributed by atoms with Gasteiger partial charge in [0.15, 0.2) is 5.82 Å². The minimum Gasteiger partial charge on any atom is -0.379 e. The van der Waals surface area contributed by atoms with Crippen LogP contribution in [-0.2, 0) is 10.3 Å². The molecule has 1 aliphatic heterocycles. The normalized spacial score (nSPS) is 18.7. The van der Waals surface area contributed by atoms with Crippen LogP contribution in [0.25, 0.3) is 21.8 Å². The van der Waals surface area contributed by atoms with Gasteiger partial charge in [-0.25, -0.2) is 4.39 Å². The van der Waals surface area contributed by atoms with E-state index in [1.165, 1.54) is 12.3 Å². The second kappa shape index (κ2) is 6.93. The topological polar surface area (TPSA) is 109 Å². The van der Waals surface area contributed by atoms with Gasteiger partial charge in [-0.15, -0.1) is 0 Å². The molecule has 5 rings (SSSR count). The molecule has 0 unspecified atom stereocenters. The molecule has 150 valence electrons. The molecule has 0 radical (unpaired) electrons. The molecular weight excluding hydrogens is 387 g/mol. The van der Waals surface area contributed by atoms with Gasteiger partial charge in [-0.05, 0) is 36.8 Å². The second-order valence-electron chi connectivity index (χ2n) is 7.34. The van der Waals surface area contributed by atoms with Crippen molar-refractivity contribution in [2.75, 3.05) is 18.5 Å². The van der Waals surface area contributed by atoms with Crippen LogP contribution < -0.4 is 10.9 Å². The maximum absolute atomic E-state index is 14.2. The highest BCUT2D eigenvalue weighted by Gasteiger charge is 2.39. The molecule has 0 amide bonds. The first-order valence-corrected chi connectivity index (χ1v) is 9.48. The Morgan fingerprint density at radius 3 is 3.07 bits per heavy atom. The zero-order valence-electron chi connectivity index (χ0n) is 15.9. The van der Waals surface area contributed by atoms with E-state index in [-0.39, 0.29) is 17.8 Å². The molecule has 3 aromatic heterocycles. The van der Waals surface area contributed by atoms with E-state index in [0.717, 1.165) is 0 Å². The lowest BCUT2D eigenvalue weighted by atomic mass is 9.95. The first kappa shape index (κ1) is 18.3. The molecule has 8 nitrogen and oxygen atoms in total. The van der Waals surface area contributed by atoms with Crippen LogP contribution in [0.2, 0.25) is 0 Å². The first-order valence-electron chi connectivity index (χ1n) is 9.48. The Balaban J connectivity index is 1.66. The average molecular weight is 404 g/mol. The standard InChI is InChI=1S/C21H17FN6O2/c22-15-3-8-24-16-2-1-13(11-14(15)16)26-19-18-17(4-9-25-20(18)29)28(27-19)21(5-7-23)6-10-30-12-21/h1-4,8-9,11H,5-6,10,12H2,(H,25,29)(H,26,27)/t21-/m0/s1. The number of rotatable bonds is 4. The fraction of sp³-hybridized carbons (Fsp3) is 0.238. The van der Waals surface area contributed by atoms with Crippen molar-refractivity contribution in [1.82, 2.24) is 19.7 Å². The van der Waals surface area contributed by atoms with Crippen LogP contribution in [0.4, 0.5) is 15.9 Å². The number of halogens is 1. The van der Waals surface area contributed by atoms with E-state index < -0.39 is 5.54 Å². The molecule has 0 aliphatic carbocycles. The lowest BCUT2D eigenvalue weighted by Gasteiger charge is -2.25. The molecule has 4 aromatic rings. The number of hydrogen-bond acceptors (Lipinski definition) is 6. The van der Waals surface area contributed by atoms with E-state index in [1.54, 1.807) is 35.1 Å². The molecule has 30 heavy (non-hydrogen) atoms. The van der Waals surface area contributed by atoms with E-state index in [1.807, 2.05) is 0 Å². The van der Waals surface area contributed by atoms with Gasteiger partial charge in [0.25, 0.3) is 5.56 Å². The summed E-state index contributed by atoms with van der Waals surface area (Å²) in [6, 6.07) is 10.4. The maximum atomic E-state index is 14.2. The molecule has 0 spiro atoms. The third-order valence-corrected chi connectivity index (χ3v) is 5.49. The number of aromatic amines is 1. The van der Waals surface area contributed by atoms with Gasteiger partial charge in [0.1, 0.15) is 16.7 Å². The summed E-state index contributed by atoms with van der Waals surface area (Å²) in [6.07, 6.45) is 3.80. The van der Waals surface area contributed by atoms with Crippen molar-refractivity contribution < 1.29 is 9.13 Å². The predicted octanol–water partition coefficient (Wildman–Crippen LogP) is 3.18. The molecule has 1 fully saturated rings. The molecular formula is C21H17FN6O2. The molecule has 2 N–H and O–H groups in total. The van der Waals surface area contributed by atoms with Crippen molar-refractivity contribution in [2.45, 2.75) is 18.4 Å². The second-order valence-corrected chi connectivity index (χ2v) is 7.34. The fourth-order valence-corrected chi connectivity index (χ4v) is 3.98. The van der Waals surface area contributed by atoms with Gasteiger partial charge >= 0.3 is 0 Å². The Morgan fingerprint density at radius 2 is 2.27 bits per heavy atom. The number of H-pyrrole nitrogens is 1. The summed E-state index contributed by atoms with van der Waals surface area (Å²) in [7, 11) is 0. The highest BCUT2D eigenvalue weighted by atomic mass is 19.1. The number of pyridine rings is 2. The van der Waals surface area contributed by atoms with E-state index in [9.17, 15) is 14.4 Å². The third kappa shape index (κ3) is 2.81. The lowest BCUT2D eigenvalue weighted by Crippen LogP contribution is -2.34. The van der Waals surface area contributed by atoms with Crippen LogP contribution in [-0.4, -0.2) is 33.0 Å². The summed E-state index contributed by atoms with van der Waals surface area (Å²) in [4.78, 5) is 19.5. The number of nitrogens with zero attached hydrogens (tertiary/aromatic N) is 4. The van der Waals surface area contributed by atoms with Gasteiger partial charge < -0.3 is 15.0 Å². The molecule has 1 aliphatic rings. The minimum atomic E-state index is -0.639. The highest BCUT2D eigenvalue weighted by Crippen LogP contribution is 2.35. The van der Waals surface area contributed by atoms with E-state index >= 15 is 0 Å². The van der Waals surface area contributed by atoms with Crippen molar-refractivity contribution in [3.05, 3.63) is 58.9 Å². The Kier molecular flexibility index (Phi) is 4.22. The van der Waals surface area contributed by atoms with Gasteiger partial charge in [-0.3, -0.25) is 14.5 Å². The zero-order chi connectivity index (χ0) is 20.7. The molecule has 4 heterocycles. The number of benzene rings is 1. The number of ether oxygens (including phenoxy) is 1. The number of nitriles is 1. The van der Waals surface area contributed by atoms with E-state index in [2.05, 4.69) is 26.5 Å². The number of anilines is 2. The van der Waals surface area contributed by atoms with Crippen LogP contribution in [0.3, 0.4) is 0 Å². The van der Waals surface area contributed by atoms with Gasteiger partial charge in [-0.2, -0.15) is 10.4 Å². The van der Waals surface area contributed by atoms with Crippen molar-refractivity contribution in [3.8, 4) is 6.07 Å². The summed E-state index contributed by atoms with van der Waals surface area (Å²) in [5.41, 5.74) is 0.766. The van der Waals surface area contributed by atoms with Gasteiger partial charge in [-0.1, -0.05) is 0 Å².